The van der Waals surface area contributed by atoms with E-state index >= 15 is 0 Å². The van der Waals surface area contributed by atoms with Crippen LogP contribution < -0.4 is 11.1 Å². The highest BCUT2D eigenvalue weighted by atomic mass is 16.5. The molecule has 0 aromatic carbocycles. The van der Waals surface area contributed by atoms with E-state index in [1.165, 1.54) is 0 Å². The van der Waals surface area contributed by atoms with E-state index < -0.39 is 12.0 Å². The smallest absolute Gasteiger partial charge is 0.326 e. The van der Waals surface area contributed by atoms with Gasteiger partial charge in [-0.1, -0.05) is 13.8 Å². The maximum Gasteiger partial charge on any atom is 0.326 e. The Bertz CT molecular complexity index is 306. The molecule has 118 valence electrons. The topological polar surface area (TPSA) is 102 Å². The summed E-state index contributed by atoms with van der Waals surface area (Å²) >= 11 is 0. The number of rotatable bonds is 11. The van der Waals surface area contributed by atoms with Gasteiger partial charge < -0.3 is 20.9 Å². The zero-order chi connectivity index (χ0) is 15.6. The van der Waals surface area contributed by atoms with Gasteiger partial charge >= 0.3 is 5.97 Å². The average molecular weight is 288 g/mol. The van der Waals surface area contributed by atoms with Crippen LogP contribution in [-0.4, -0.2) is 43.3 Å². The van der Waals surface area contributed by atoms with E-state index in [1.54, 1.807) is 7.11 Å². The van der Waals surface area contributed by atoms with Gasteiger partial charge in [-0.2, -0.15) is 0 Å². The van der Waals surface area contributed by atoms with Crippen LogP contribution in [-0.2, 0) is 14.3 Å². The summed E-state index contributed by atoms with van der Waals surface area (Å²) in [5.74, 6) is -1.23. The molecule has 0 aromatic heterocycles. The van der Waals surface area contributed by atoms with Crippen molar-refractivity contribution >= 4 is 11.9 Å². The number of nitrogens with two attached hydrogens (primary N) is 1. The van der Waals surface area contributed by atoms with Crippen molar-refractivity contribution in [2.45, 2.75) is 52.0 Å². The van der Waals surface area contributed by atoms with Gasteiger partial charge in [-0.15, -0.1) is 0 Å². The molecule has 0 heterocycles. The lowest BCUT2D eigenvalue weighted by molar-refractivity contribution is -0.142. The van der Waals surface area contributed by atoms with Gasteiger partial charge in [0.05, 0.1) is 0 Å². The molecule has 0 fully saturated rings. The molecule has 0 saturated carbocycles. The number of hydrogen-bond acceptors (Lipinski definition) is 4. The van der Waals surface area contributed by atoms with Crippen molar-refractivity contribution in [3.05, 3.63) is 0 Å². The van der Waals surface area contributed by atoms with Crippen molar-refractivity contribution < 1.29 is 19.4 Å². The van der Waals surface area contributed by atoms with Crippen LogP contribution in [0.1, 0.15) is 46.0 Å². The monoisotopic (exact) mass is 288 g/mol. The molecule has 20 heavy (non-hydrogen) atoms. The second kappa shape index (κ2) is 9.72. The van der Waals surface area contributed by atoms with Gasteiger partial charge in [-0.05, 0) is 37.6 Å². The molecular formula is C14H28N2O4. The molecule has 1 unspecified atom stereocenters. The van der Waals surface area contributed by atoms with Gasteiger partial charge in [0, 0.05) is 20.1 Å². The predicted molar refractivity (Wildman–Crippen MR) is 77.4 cm³/mol. The summed E-state index contributed by atoms with van der Waals surface area (Å²) in [6.07, 6.45) is 2.84. The minimum absolute atomic E-state index is 0.000854. The fourth-order valence-electron chi connectivity index (χ4n) is 1.92. The quantitative estimate of drug-likeness (QED) is 0.495. The average Bonchev–Trinajstić information content (AvgIpc) is 2.35. The lowest BCUT2D eigenvalue weighted by atomic mass is 9.84. The number of methoxy groups -OCH3 is 1. The van der Waals surface area contributed by atoms with Crippen LogP contribution in [0.3, 0.4) is 0 Å². The number of ether oxygens (including phenoxy) is 1. The lowest BCUT2D eigenvalue weighted by Crippen LogP contribution is -2.41. The number of carbonyl (C=O) groups excluding carboxylic acids is 1. The molecule has 0 radical (unpaired) electrons. The molecule has 0 rings (SSSR count). The lowest BCUT2D eigenvalue weighted by Gasteiger charge is -2.23. The summed E-state index contributed by atoms with van der Waals surface area (Å²) in [6, 6.07) is -0.838. The molecule has 0 aliphatic rings. The van der Waals surface area contributed by atoms with Crippen LogP contribution in [0.2, 0.25) is 0 Å². The van der Waals surface area contributed by atoms with E-state index in [0.29, 0.717) is 38.8 Å². The molecule has 0 aliphatic carbocycles. The minimum atomic E-state index is -1.00. The third-order valence-corrected chi connectivity index (χ3v) is 3.32. The Morgan fingerprint density at radius 1 is 1.35 bits per heavy atom. The summed E-state index contributed by atoms with van der Waals surface area (Å²) in [4.78, 5) is 22.9. The molecule has 0 saturated heterocycles. The Hall–Kier alpha value is -1.14. The van der Waals surface area contributed by atoms with Crippen LogP contribution in [0.4, 0.5) is 0 Å². The molecule has 0 aliphatic heterocycles. The molecule has 4 N–H and O–H groups in total. The Balaban J connectivity index is 4.16. The van der Waals surface area contributed by atoms with Crippen molar-refractivity contribution in [2.75, 3.05) is 20.3 Å². The second-order valence-electron chi connectivity index (χ2n) is 5.80. The van der Waals surface area contributed by atoms with E-state index in [-0.39, 0.29) is 11.3 Å². The van der Waals surface area contributed by atoms with E-state index in [1.807, 2.05) is 0 Å². The second-order valence-corrected chi connectivity index (χ2v) is 5.80. The summed E-state index contributed by atoms with van der Waals surface area (Å²) in [5, 5.41) is 11.6. The van der Waals surface area contributed by atoms with Gasteiger partial charge in [0.1, 0.15) is 6.04 Å². The Labute approximate surface area is 121 Å². The summed E-state index contributed by atoms with van der Waals surface area (Å²) in [7, 11) is 1.56. The number of carboxylic acids is 1. The first-order valence-electron chi connectivity index (χ1n) is 7.03. The Morgan fingerprint density at radius 2 is 2.00 bits per heavy atom. The Morgan fingerprint density at radius 3 is 2.50 bits per heavy atom. The maximum atomic E-state index is 11.8. The number of nitrogens with one attached hydrogen (secondary N) is 1. The highest BCUT2D eigenvalue weighted by Crippen LogP contribution is 2.25. The van der Waals surface area contributed by atoms with Crippen LogP contribution in [0.25, 0.3) is 0 Å². The molecule has 0 spiro atoms. The first-order chi connectivity index (χ1) is 9.32. The van der Waals surface area contributed by atoms with E-state index in [2.05, 4.69) is 19.2 Å². The number of hydrogen-bond donors (Lipinski definition) is 3. The normalized spacial score (nSPS) is 13.0. The van der Waals surface area contributed by atoms with Crippen LogP contribution in [0.15, 0.2) is 0 Å². The number of carboxylic acid groups (broad SMARTS) is 1. The van der Waals surface area contributed by atoms with Crippen molar-refractivity contribution in [3.8, 4) is 0 Å². The highest BCUT2D eigenvalue weighted by molar-refractivity contribution is 5.83. The number of carbonyl (C=O) groups is 2. The zero-order valence-corrected chi connectivity index (χ0v) is 12.8. The summed E-state index contributed by atoms with van der Waals surface area (Å²) < 4.78 is 4.88. The van der Waals surface area contributed by atoms with E-state index in [4.69, 9.17) is 15.6 Å². The van der Waals surface area contributed by atoms with Crippen molar-refractivity contribution in [1.82, 2.24) is 5.32 Å². The molecule has 1 amide bonds. The van der Waals surface area contributed by atoms with Crippen LogP contribution in [0, 0.1) is 5.41 Å². The fourth-order valence-corrected chi connectivity index (χ4v) is 1.92. The first-order valence-corrected chi connectivity index (χ1v) is 7.03. The third-order valence-electron chi connectivity index (χ3n) is 3.32. The highest BCUT2D eigenvalue weighted by Gasteiger charge is 2.22. The zero-order valence-electron chi connectivity index (χ0n) is 12.8. The molecular weight excluding hydrogens is 260 g/mol. The van der Waals surface area contributed by atoms with E-state index in [9.17, 15) is 9.59 Å². The fraction of sp³-hybridized carbons (Fsp3) is 0.857. The minimum Gasteiger partial charge on any atom is -0.480 e. The van der Waals surface area contributed by atoms with Gasteiger partial charge in [-0.3, -0.25) is 4.79 Å². The standard InChI is InChI=1S/C14H28N2O4/c1-14(2,8-9-15)7-6-12(17)16-11(13(18)19)5-4-10-20-3/h11H,4-10,15H2,1-3H3,(H,16,17)(H,18,19). The maximum absolute atomic E-state index is 11.8. The van der Waals surface area contributed by atoms with Crippen molar-refractivity contribution in [1.29, 1.82) is 0 Å². The molecule has 0 bridgehead atoms. The summed E-state index contributed by atoms with van der Waals surface area (Å²) in [5.41, 5.74) is 5.52. The molecule has 6 heteroatoms. The van der Waals surface area contributed by atoms with E-state index in [0.717, 1.165) is 6.42 Å². The largest absolute Gasteiger partial charge is 0.480 e. The summed E-state index contributed by atoms with van der Waals surface area (Å²) in [6.45, 7) is 5.19. The Kier molecular flexibility index (Phi) is 9.16. The molecule has 1 atom stereocenters. The first kappa shape index (κ1) is 18.9. The van der Waals surface area contributed by atoms with Crippen LogP contribution in [0.5, 0.6) is 0 Å². The van der Waals surface area contributed by atoms with Gasteiger partial charge in [0.2, 0.25) is 5.91 Å². The van der Waals surface area contributed by atoms with Gasteiger partial charge in [0.25, 0.3) is 0 Å². The van der Waals surface area contributed by atoms with Crippen LogP contribution >= 0.6 is 0 Å². The van der Waals surface area contributed by atoms with Crippen molar-refractivity contribution in [3.63, 3.8) is 0 Å². The SMILES string of the molecule is COCCCC(NC(=O)CCC(C)(C)CCN)C(=O)O. The van der Waals surface area contributed by atoms with Gasteiger partial charge in [-0.25, -0.2) is 4.79 Å². The number of amides is 1. The van der Waals surface area contributed by atoms with Gasteiger partial charge in [0.15, 0.2) is 0 Å². The molecule has 6 nitrogen and oxygen atoms in total. The number of aliphatic carboxylic acids is 1. The third kappa shape index (κ3) is 8.87. The predicted octanol–water partition coefficient (Wildman–Crippen LogP) is 1.14. The van der Waals surface area contributed by atoms with Crippen molar-refractivity contribution in [2.24, 2.45) is 11.1 Å². The molecule has 0 aromatic rings.